The fraction of sp³-hybridized carbons (Fsp3) is 0.357. The van der Waals surface area contributed by atoms with E-state index >= 15 is 0 Å². The second kappa shape index (κ2) is 11.0. The number of carboxylic acids is 1. The number of benzene rings is 2. The lowest BCUT2D eigenvalue weighted by atomic mass is 9.93. The Morgan fingerprint density at radius 3 is 2.05 bits per heavy atom. The highest BCUT2D eigenvalue weighted by atomic mass is 19.4. The summed E-state index contributed by atoms with van der Waals surface area (Å²) in [6.07, 6.45) is -1.20. The van der Waals surface area contributed by atoms with Crippen LogP contribution in [0.25, 0.3) is 11.1 Å². The van der Waals surface area contributed by atoms with Crippen LogP contribution in [0.3, 0.4) is 0 Å². The summed E-state index contributed by atoms with van der Waals surface area (Å²) in [6, 6.07) is 17.2. The quantitative estimate of drug-likeness (QED) is 0.456. The molecule has 6 nitrogen and oxygen atoms in total. The molecule has 3 aromatic rings. The fourth-order valence-electron chi connectivity index (χ4n) is 4.64. The summed E-state index contributed by atoms with van der Waals surface area (Å²) in [5, 5.41) is 19.3. The molecule has 2 N–H and O–H groups in total. The van der Waals surface area contributed by atoms with Gasteiger partial charge < -0.3 is 10.2 Å². The van der Waals surface area contributed by atoms with E-state index in [1.165, 1.54) is 12.1 Å². The molecule has 2 aromatic carbocycles. The predicted molar refractivity (Wildman–Crippen MR) is 133 cm³/mol. The van der Waals surface area contributed by atoms with E-state index in [0.29, 0.717) is 13.1 Å². The molecule has 4 rings (SSSR count). The summed E-state index contributed by atoms with van der Waals surface area (Å²) in [5.74, 6) is -0.830. The third-order valence-corrected chi connectivity index (χ3v) is 6.93. The number of pyridine rings is 1. The van der Waals surface area contributed by atoms with Gasteiger partial charge in [0.25, 0.3) is 0 Å². The van der Waals surface area contributed by atoms with E-state index in [0.717, 1.165) is 48.8 Å². The summed E-state index contributed by atoms with van der Waals surface area (Å²) < 4.78 is 39.3. The third kappa shape index (κ3) is 6.54. The van der Waals surface area contributed by atoms with Crippen molar-refractivity contribution in [2.45, 2.75) is 44.3 Å². The topological polar surface area (TPSA) is 76.9 Å². The van der Waals surface area contributed by atoms with Gasteiger partial charge in [-0.1, -0.05) is 48.5 Å². The van der Waals surface area contributed by atoms with Gasteiger partial charge in [0.1, 0.15) is 0 Å². The van der Waals surface area contributed by atoms with Crippen LogP contribution in [-0.2, 0) is 23.5 Å². The summed E-state index contributed by atoms with van der Waals surface area (Å²) in [4.78, 5) is 20.0. The number of nitrogens with zero attached hydrogens (tertiary/aromatic N) is 3. The average molecular weight is 514 g/mol. The van der Waals surface area contributed by atoms with Crippen LogP contribution in [0.15, 0.2) is 73.1 Å². The van der Waals surface area contributed by atoms with Crippen LogP contribution in [0.4, 0.5) is 13.2 Å². The van der Waals surface area contributed by atoms with Crippen molar-refractivity contribution in [1.82, 2.24) is 14.8 Å². The first-order valence-corrected chi connectivity index (χ1v) is 12.1. The Hall–Kier alpha value is -3.27. The van der Waals surface area contributed by atoms with Gasteiger partial charge in [-0.3, -0.25) is 19.6 Å². The Labute approximate surface area is 214 Å². The zero-order valence-corrected chi connectivity index (χ0v) is 20.5. The van der Waals surface area contributed by atoms with Crippen molar-refractivity contribution in [2.24, 2.45) is 0 Å². The first-order chi connectivity index (χ1) is 17.5. The number of alkyl halides is 3. The molecule has 0 radical (unpaired) electrons. The number of carboxylic acid groups (broad SMARTS) is 1. The Kier molecular flexibility index (Phi) is 7.96. The standard InChI is InChI=1S/C28H30F3N3O3/c1-27(37,28(29,30)31)24-8-6-23(7-9-24)22-4-2-20(3-5-22)18-34-15-14-33(19-25(34)16-26(35)36)17-21-10-12-32-13-11-21/h2-13,25,37H,14-19H2,1H3,(H,35,36)/t25-,27?/m1/s1. The molecular formula is C28H30F3N3O3. The molecule has 1 aromatic heterocycles. The maximum atomic E-state index is 13.1. The highest BCUT2D eigenvalue weighted by Crippen LogP contribution is 2.39. The fourth-order valence-corrected chi connectivity index (χ4v) is 4.64. The number of carbonyl (C=O) groups is 1. The minimum Gasteiger partial charge on any atom is -0.481 e. The Morgan fingerprint density at radius 2 is 1.49 bits per heavy atom. The molecule has 0 bridgehead atoms. The van der Waals surface area contributed by atoms with Crippen LogP contribution in [-0.4, -0.2) is 62.8 Å². The molecule has 1 saturated heterocycles. The largest absolute Gasteiger partial charge is 0.481 e. The van der Waals surface area contributed by atoms with E-state index < -0.39 is 17.7 Å². The molecule has 2 atom stereocenters. The maximum Gasteiger partial charge on any atom is 0.421 e. The molecule has 1 unspecified atom stereocenters. The molecule has 2 heterocycles. The molecule has 0 saturated carbocycles. The van der Waals surface area contributed by atoms with Gasteiger partial charge in [-0.25, -0.2) is 0 Å². The highest BCUT2D eigenvalue weighted by molar-refractivity contribution is 5.67. The van der Waals surface area contributed by atoms with Crippen LogP contribution < -0.4 is 0 Å². The van der Waals surface area contributed by atoms with Crippen molar-refractivity contribution in [3.63, 3.8) is 0 Å². The van der Waals surface area contributed by atoms with Gasteiger partial charge in [0.05, 0.1) is 6.42 Å². The third-order valence-electron chi connectivity index (χ3n) is 6.93. The molecular weight excluding hydrogens is 483 g/mol. The summed E-state index contributed by atoms with van der Waals surface area (Å²) in [6.45, 7) is 4.32. The molecule has 0 aliphatic carbocycles. The Balaban J connectivity index is 1.41. The number of aliphatic hydroxyl groups is 1. The number of rotatable bonds is 8. The summed E-state index contributed by atoms with van der Waals surface area (Å²) >= 11 is 0. The summed E-state index contributed by atoms with van der Waals surface area (Å²) in [5.41, 5.74) is 0.617. The number of hydrogen-bond donors (Lipinski definition) is 2. The van der Waals surface area contributed by atoms with Crippen LogP contribution in [0.5, 0.6) is 0 Å². The van der Waals surface area contributed by atoms with E-state index in [1.54, 1.807) is 24.5 Å². The van der Waals surface area contributed by atoms with Gasteiger partial charge in [-0.05, 0) is 46.9 Å². The van der Waals surface area contributed by atoms with Crippen molar-refractivity contribution in [1.29, 1.82) is 0 Å². The average Bonchev–Trinajstić information content (AvgIpc) is 2.86. The first kappa shape index (κ1) is 26.8. The van der Waals surface area contributed by atoms with Gasteiger partial charge in [0, 0.05) is 51.2 Å². The van der Waals surface area contributed by atoms with E-state index in [9.17, 15) is 28.2 Å². The zero-order valence-electron chi connectivity index (χ0n) is 20.5. The predicted octanol–water partition coefficient (Wildman–Crippen LogP) is 4.68. The van der Waals surface area contributed by atoms with Crippen molar-refractivity contribution in [2.75, 3.05) is 19.6 Å². The van der Waals surface area contributed by atoms with Gasteiger partial charge in [-0.2, -0.15) is 13.2 Å². The molecule has 1 aliphatic rings. The van der Waals surface area contributed by atoms with Crippen molar-refractivity contribution in [3.05, 3.63) is 89.7 Å². The second-order valence-corrected chi connectivity index (χ2v) is 9.66. The van der Waals surface area contributed by atoms with Crippen LogP contribution in [0.2, 0.25) is 0 Å². The van der Waals surface area contributed by atoms with Crippen LogP contribution >= 0.6 is 0 Å². The SMILES string of the molecule is CC(O)(c1ccc(-c2ccc(CN3CCN(Cc4ccncc4)C[C@H]3CC(=O)O)cc2)cc1)C(F)(F)F. The molecule has 0 spiro atoms. The van der Waals surface area contributed by atoms with E-state index in [2.05, 4.69) is 14.8 Å². The number of hydrogen-bond acceptors (Lipinski definition) is 5. The number of aromatic nitrogens is 1. The van der Waals surface area contributed by atoms with E-state index in [4.69, 9.17) is 0 Å². The monoisotopic (exact) mass is 513 g/mol. The number of aliphatic carboxylic acids is 1. The van der Waals surface area contributed by atoms with Gasteiger partial charge in [0.2, 0.25) is 0 Å². The summed E-state index contributed by atoms with van der Waals surface area (Å²) in [7, 11) is 0. The van der Waals surface area contributed by atoms with E-state index in [1.807, 2.05) is 36.4 Å². The molecule has 196 valence electrons. The number of piperazine rings is 1. The molecule has 1 fully saturated rings. The minimum absolute atomic E-state index is 0.0545. The normalized spacial score (nSPS) is 18.9. The highest BCUT2D eigenvalue weighted by Gasteiger charge is 2.51. The van der Waals surface area contributed by atoms with Gasteiger partial charge in [-0.15, -0.1) is 0 Å². The maximum absolute atomic E-state index is 13.1. The Bertz CT molecular complexity index is 1180. The van der Waals surface area contributed by atoms with Crippen LogP contribution in [0.1, 0.15) is 30.0 Å². The molecule has 37 heavy (non-hydrogen) atoms. The zero-order chi connectivity index (χ0) is 26.6. The minimum atomic E-state index is -4.76. The second-order valence-electron chi connectivity index (χ2n) is 9.66. The lowest BCUT2D eigenvalue weighted by Gasteiger charge is -2.41. The number of halogens is 3. The molecule has 0 amide bonds. The molecule has 1 aliphatic heterocycles. The Morgan fingerprint density at radius 1 is 0.919 bits per heavy atom. The van der Waals surface area contributed by atoms with Crippen molar-refractivity contribution < 1.29 is 28.2 Å². The van der Waals surface area contributed by atoms with Crippen molar-refractivity contribution in [3.8, 4) is 11.1 Å². The van der Waals surface area contributed by atoms with E-state index in [-0.39, 0.29) is 18.0 Å². The first-order valence-electron chi connectivity index (χ1n) is 12.1. The van der Waals surface area contributed by atoms with Crippen LogP contribution in [0, 0.1) is 0 Å². The lowest BCUT2D eigenvalue weighted by molar-refractivity contribution is -0.258. The van der Waals surface area contributed by atoms with Gasteiger partial charge >= 0.3 is 12.1 Å². The van der Waals surface area contributed by atoms with Crippen molar-refractivity contribution >= 4 is 5.97 Å². The lowest BCUT2D eigenvalue weighted by Crippen LogP contribution is -2.52. The van der Waals surface area contributed by atoms with Gasteiger partial charge in [0.15, 0.2) is 5.60 Å². The smallest absolute Gasteiger partial charge is 0.421 e. The molecule has 9 heteroatoms.